The average molecular weight is 375 g/mol. The molecule has 0 aromatic heterocycles. The molecule has 0 saturated carbocycles. The number of rotatable bonds is 10. The Bertz CT molecular complexity index is 766. The summed E-state index contributed by atoms with van der Waals surface area (Å²) in [6.45, 7) is 0.822. The largest absolute Gasteiger partial charge is 0.494 e. The summed E-state index contributed by atoms with van der Waals surface area (Å²) in [4.78, 5) is 23.5. The van der Waals surface area contributed by atoms with E-state index in [1.54, 1.807) is 0 Å². The number of amides is 1. The zero-order chi connectivity index (χ0) is 19.6. The molecule has 0 fully saturated rings. The van der Waals surface area contributed by atoms with E-state index in [4.69, 9.17) is 9.47 Å². The predicted molar refractivity (Wildman–Crippen MR) is 96.8 cm³/mol. The molecule has 2 rings (SSSR count). The summed E-state index contributed by atoms with van der Waals surface area (Å²) < 4.78 is 24.1. The van der Waals surface area contributed by atoms with E-state index in [0.29, 0.717) is 19.6 Å². The fraction of sp³-hybridized carbons (Fsp3) is 0.300. The highest BCUT2D eigenvalue weighted by atomic mass is 19.1. The molecule has 0 heterocycles. The van der Waals surface area contributed by atoms with Crippen LogP contribution >= 0.6 is 0 Å². The van der Waals surface area contributed by atoms with Crippen molar-refractivity contribution in [2.24, 2.45) is 0 Å². The van der Waals surface area contributed by atoms with Crippen molar-refractivity contribution < 1.29 is 28.6 Å². The Balaban J connectivity index is 1.81. The van der Waals surface area contributed by atoms with E-state index < -0.39 is 23.7 Å². The van der Waals surface area contributed by atoms with Crippen molar-refractivity contribution in [2.45, 2.75) is 25.5 Å². The van der Waals surface area contributed by atoms with Crippen LogP contribution in [-0.2, 0) is 20.9 Å². The lowest BCUT2D eigenvalue weighted by molar-refractivity contribution is -0.142. The maximum atomic E-state index is 13.8. The van der Waals surface area contributed by atoms with Gasteiger partial charge in [0.15, 0.2) is 17.6 Å². The molecule has 2 aromatic carbocycles. The summed E-state index contributed by atoms with van der Waals surface area (Å²) in [5.41, 5.74) is 1.17. The Morgan fingerprint density at radius 1 is 1.19 bits per heavy atom. The topological polar surface area (TPSA) is 84.9 Å². The van der Waals surface area contributed by atoms with Gasteiger partial charge in [0.2, 0.25) is 5.91 Å². The molecule has 0 aliphatic rings. The maximum Gasteiger partial charge on any atom is 0.330 e. The van der Waals surface area contributed by atoms with Crippen LogP contribution in [0.25, 0.3) is 0 Å². The van der Waals surface area contributed by atoms with Crippen LogP contribution in [0.15, 0.2) is 48.5 Å². The number of benzene rings is 2. The van der Waals surface area contributed by atoms with Gasteiger partial charge < -0.3 is 19.9 Å². The van der Waals surface area contributed by atoms with Gasteiger partial charge in [0, 0.05) is 13.0 Å². The van der Waals surface area contributed by atoms with Crippen LogP contribution in [0.1, 0.15) is 30.0 Å². The first kappa shape index (κ1) is 20.4. The molecule has 1 amide bonds. The predicted octanol–water partition coefficient (Wildman–Crippen LogP) is 3.07. The summed E-state index contributed by atoms with van der Waals surface area (Å²) in [7, 11) is 1.31. The number of aliphatic carboxylic acids is 1. The van der Waals surface area contributed by atoms with Crippen molar-refractivity contribution >= 4 is 11.9 Å². The molecule has 7 heteroatoms. The molecule has 0 aliphatic carbocycles. The highest BCUT2D eigenvalue weighted by Crippen LogP contribution is 2.22. The average Bonchev–Trinajstić information content (AvgIpc) is 2.66. The fourth-order valence-corrected chi connectivity index (χ4v) is 2.48. The lowest BCUT2D eigenvalue weighted by Gasteiger charge is -2.16. The van der Waals surface area contributed by atoms with Gasteiger partial charge in [-0.1, -0.05) is 36.4 Å². The first-order chi connectivity index (χ1) is 13.0. The van der Waals surface area contributed by atoms with E-state index >= 15 is 0 Å². The Hall–Kier alpha value is -2.93. The van der Waals surface area contributed by atoms with Gasteiger partial charge in [0.1, 0.15) is 0 Å². The highest BCUT2D eigenvalue weighted by Gasteiger charge is 2.23. The summed E-state index contributed by atoms with van der Waals surface area (Å²) in [5.74, 6) is -2.40. The Morgan fingerprint density at radius 2 is 1.93 bits per heavy atom. The minimum absolute atomic E-state index is 0.00443. The monoisotopic (exact) mass is 375 g/mol. The zero-order valence-electron chi connectivity index (χ0n) is 15.0. The first-order valence-electron chi connectivity index (χ1n) is 8.48. The molecule has 0 saturated heterocycles. The lowest BCUT2D eigenvalue weighted by Crippen LogP contribution is -2.33. The second-order valence-electron chi connectivity index (χ2n) is 5.87. The van der Waals surface area contributed by atoms with Gasteiger partial charge in [-0.15, -0.1) is 0 Å². The van der Waals surface area contributed by atoms with Crippen molar-refractivity contribution in [1.29, 1.82) is 0 Å². The normalized spacial score (nSPS) is 11.6. The molecule has 0 bridgehead atoms. The molecule has 1 atom stereocenters. The standard InChI is InChI=1S/C20H22FNO5/c1-26-17-10-9-15(12-16(17)21)19(20(24)25)22-18(23)8-5-11-27-13-14-6-3-2-4-7-14/h2-4,6-7,9-10,12,19H,5,8,11,13H2,1H3,(H,22,23)(H,24,25). The number of carboxylic acids is 1. The van der Waals surface area contributed by atoms with E-state index in [2.05, 4.69) is 5.32 Å². The van der Waals surface area contributed by atoms with Gasteiger partial charge in [0.05, 0.1) is 13.7 Å². The van der Waals surface area contributed by atoms with E-state index in [1.165, 1.54) is 19.2 Å². The Morgan fingerprint density at radius 3 is 2.56 bits per heavy atom. The van der Waals surface area contributed by atoms with E-state index in [9.17, 15) is 19.1 Å². The number of ether oxygens (including phenoxy) is 2. The SMILES string of the molecule is COc1ccc(C(NC(=O)CCCOCc2ccccc2)C(=O)O)cc1F. The number of hydrogen-bond donors (Lipinski definition) is 2. The second-order valence-corrected chi connectivity index (χ2v) is 5.87. The maximum absolute atomic E-state index is 13.8. The van der Waals surface area contributed by atoms with Gasteiger partial charge in [-0.25, -0.2) is 9.18 Å². The second kappa shape index (κ2) is 10.3. The molecule has 0 radical (unpaired) electrons. The molecule has 144 valence electrons. The van der Waals surface area contributed by atoms with Crippen LogP contribution in [-0.4, -0.2) is 30.7 Å². The van der Waals surface area contributed by atoms with Crippen molar-refractivity contribution in [3.63, 3.8) is 0 Å². The number of carbonyl (C=O) groups excluding carboxylic acids is 1. The number of carboxylic acid groups (broad SMARTS) is 1. The number of halogens is 1. The minimum Gasteiger partial charge on any atom is -0.494 e. The minimum atomic E-state index is -1.33. The summed E-state index contributed by atoms with van der Waals surface area (Å²) >= 11 is 0. The number of carbonyl (C=O) groups is 2. The molecule has 0 spiro atoms. The molecule has 6 nitrogen and oxygen atoms in total. The first-order valence-corrected chi connectivity index (χ1v) is 8.48. The number of methoxy groups -OCH3 is 1. The quantitative estimate of drug-likeness (QED) is 0.624. The van der Waals surface area contributed by atoms with E-state index in [0.717, 1.165) is 11.6 Å². The Kier molecular flexibility index (Phi) is 7.76. The van der Waals surface area contributed by atoms with Crippen LogP contribution in [0.5, 0.6) is 5.75 Å². The van der Waals surface area contributed by atoms with Crippen LogP contribution in [0.2, 0.25) is 0 Å². The molecule has 2 aromatic rings. The van der Waals surface area contributed by atoms with Crippen LogP contribution in [0.4, 0.5) is 4.39 Å². The van der Waals surface area contributed by atoms with Crippen LogP contribution < -0.4 is 10.1 Å². The van der Waals surface area contributed by atoms with Gasteiger partial charge in [-0.2, -0.15) is 0 Å². The summed E-state index contributed by atoms with van der Waals surface area (Å²) in [5, 5.41) is 11.7. The van der Waals surface area contributed by atoms with Crippen molar-refractivity contribution in [3.05, 3.63) is 65.5 Å². The number of hydrogen-bond acceptors (Lipinski definition) is 4. The number of nitrogens with one attached hydrogen (secondary N) is 1. The van der Waals surface area contributed by atoms with Crippen molar-refractivity contribution in [2.75, 3.05) is 13.7 Å². The van der Waals surface area contributed by atoms with E-state index in [1.807, 2.05) is 30.3 Å². The molecule has 27 heavy (non-hydrogen) atoms. The summed E-state index contributed by atoms with van der Waals surface area (Å²) in [6.07, 6.45) is 0.555. The van der Waals surface area contributed by atoms with E-state index in [-0.39, 0.29) is 17.7 Å². The third-order valence-electron chi connectivity index (χ3n) is 3.87. The molecular weight excluding hydrogens is 353 g/mol. The van der Waals surface area contributed by atoms with Crippen LogP contribution in [0.3, 0.4) is 0 Å². The van der Waals surface area contributed by atoms with Crippen molar-refractivity contribution in [3.8, 4) is 5.75 Å². The van der Waals surface area contributed by atoms with Crippen molar-refractivity contribution in [1.82, 2.24) is 5.32 Å². The summed E-state index contributed by atoms with van der Waals surface area (Å²) in [6, 6.07) is 12.1. The molecule has 0 aliphatic heterocycles. The fourth-order valence-electron chi connectivity index (χ4n) is 2.48. The van der Waals surface area contributed by atoms with Gasteiger partial charge >= 0.3 is 5.97 Å². The van der Waals surface area contributed by atoms with Crippen LogP contribution in [0, 0.1) is 5.82 Å². The molecule has 1 unspecified atom stereocenters. The van der Waals surface area contributed by atoms with Gasteiger partial charge in [-0.3, -0.25) is 4.79 Å². The Labute approximate surface area is 156 Å². The highest BCUT2D eigenvalue weighted by molar-refractivity contribution is 5.84. The zero-order valence-corrected chi connectivity index (χ0v) is 15.0. The van der Waals surface area contributed by atoms with Gasteiger partial charge in [0.25, 0.3) is 0 Å². The molecule has 2 N–H and O–H groups in total. The third kappa shape index (κ3) is 6.38. The lowest BCUT2D eigenvalue weighted by atomic mass is 10.1. The third-order valence-corrected chi connectivity index (χ3v) is 3.87. The van der Waals surface area contributed by atoms with Gasteiger partial charge in [-0.05, 0) is 29.7 Å². The molecular formula is C20H22FNO5. The smallest absolute Gasteiger partial charge is 0.330 e.